The van der Waals surface area contributed by atoms with Crippen LogP contribution in [0.25, 0.3) is 27.4 Å². The second kappa shape index (κ2) is 9.30. The van der Waals surface area contributed by atoms with Crippen LogP contribution in [0, 0.1) is 6.92 Å². The van der Waals surface area contributed by atoms with E-state index < -0.39 is 12.0 Å². The minimum atomic E-state index is -2.72. The quantitative estimate of drug-likeness (QED) is 0.377. The van der Waals surface area contributed by atoms with Crippen LogP contribution in [0.2, 0.25) is 0 Å². The summed E-state index contributed by atoms with van der Waals surface area (Å²) in [5.41, 5.74) is 0.702. The van der Waals surface area contributed by atoms with E-state index in [0.717, 1.165) is 40.7 Å². The van der Waals surface area contributed by atoms with E-state index >= 15 is 0 Å². The Hall–Kier alpha value is -3.28. The minimum absolute atomic E-state index is 0.0375. The monoisotopic (exact) mass is 515 g/mol. The zero-order chi connectivity index (χ0) is 25.6. The number of alkyl halides is 2. The van der Waals surface area contributed by atoms with Crippen LogP contribution in [0.15, 0.2) is 18.3 Å². The molecule has 0 unspecified atom stereocenters. The third kappa shape index (κ3) is 5.13. The summed E-state index contributed by atoms with van der Waals surface area (Å²) >= 11 is 1.56. The van der Waals surface area contributed by atoms with Crippen LogP contribution in [0.4, 0.5) is 13.6 Å². The van der Waals surface area contributed by atoms with Gasteiger partial charge in [-0.3, -0.25) is 4.98 Å². The molecule has 190 valence electrons. The number of carbonyl (C=O) groups is 1. The van der Waals surface area contributed by atoms with E-state index in [-0.39, 0.29) is 29.0 Å². The van der Waals surface area contributed by atoms with Crippen molar-refractivity contribution < 1.29 is 18.3 Å². The second-order valence-corrected chi connectivity index (χ2v) is 11.1. The molecule has 0 aliphatic heterocycles. The van der Waals surface area contributed by atoms with Gasteiger partial charge in [-0.05, 0) is 71.4 Å². The van der Waals surface area contributed by atoms with Crippen LogP contribution in [-0.4, -0.2) is 47.5 Å². The molecule has 5 rings (SSSR count). The molecule has 0 aromatic carbocycles. The summed E-state index contributed by atoms with van der Waals surface area (Å²) in [6.07, 6.45) is 2.04. The average molecular weight is 516 g/mol. The molecule has 0 atom stereocenters. The molecular formula is C24H27F2N7O2S. The lowest BCUT2D eigenvalue weighted by Gasteiger charge is -2.29. The van der Waals surface area contributed by atoms with Crippen LogP contribution in [-0.2, 0) is 4.74 Å². The lowest BCUT2D eigenvalue weighted by molar-refractivity contribution is 0.0491. The first kappa shape index (κ1) is 24.4. The number of hydrogen-bond donors (Lipinski definition) is 1. The Morgan fingerprint density at radius 2 is 1.89 bits per heavy atom. The van der Waals surface area contributed by atoms with Gasteiger partial charge >= 0.3 is 6.09 Å². The SMILES string of the molecule is Cc1nc2c(C(F)F)cc(-c3cnc4cc(C5CCC(NC(=O)OC(C)(C)C)CC5)sc4n3)nn2n1. The smallest absolute Gasteiger partial charge is 0.407 e. The molecule has 1 N–H and O–H groups in total. The largest absolute Gasteiger partial charge is 0.444 e. The second-order valence-electron chi connectivity index (χ2n) is 10.0. The molecular weight excluding hydrogens is 488 g/mol. The van der Waals surface area contributed by atoms with Crippen molar-refractivity contribution in [3.8, 4) is 11.4 Å². The van der Waals surface area contributed by atoms with Crippen molar-refractivity contribution in [2.24, 2.45) is 0 Å². The van der Waals surface area contributed by atoms with E-state index in [1.165, 1.54) is 10.9 Å². The minimum Gasteiger partial charge on any atom is -0.444 e. The fourth-order valence-electron chi connectivity index (χ4n) is 4.44. The van der Waals surface area contributed by atoms with Crippen molar-refractivity contribution >= 4 is 33.4 Å². The molecule has 4 aromatic rings. The maximum atomic E-state index is 13.7. The van der Waals surface area contributed by atoms with Crippen LogP contribution in [0.5, 0.6) is 0 Å². The third-order valence-electron chi connectivity index (χ3n) is 6.06. The average Bonchev–Trinajstić information content (AvgIpc) is 3.39. The first-order valence-corrected chi connectivity index (χ1v) is 12.7. The van der Waals surface area contributed by atoms with E-state index in [2.05, 4.69) is 30.5 Å². The molecule has 12 heteroatoms. The molecule has 1 saturated carbocycles. The predicted octanol–water partition coefficient (Wildman–Crippen LogP) is 5.59. The van der Waals surface area contributed by atoms with Gasteiger partial charge in [0.25, 0.3) is 6.43 Å². The number of thiophene rings is 1. The number of aromatic nitrogens is 6. The molecule has 1 aliphatic carbocycles. The van der Waals surface area contributed by atoms with Gasteiger partial charge in [0.1, 0.15) is 33.2 Å². The van der Waals surface area contributed by atoms with E-state index in [0.29, 0.717) is 17.4 Å². The topological polar surface area (TPSA) is 107 Å². The molecule has 1 amide bonds. The van der Waals surface area contributed by atoms with Crippen molar-refractivity contribution in [2.75, 3.05) is 0 Å². The Balaban J connectivity index is 1.33. The standard InChI is InChI=1S/C24H27F2N7O2S/c1-12-28-21-15(20(25)26)9-16(32-33(21)31-12)18-11-27-17-10-19(36-22(17)30-18)13-5-7-14(8-6-13)29-23(34)35-24(2,3)4/h9-11,13-14,20H,5-8H2,1-4H3,(H,29,34). The molecule has 1 aliphatic rings. The van der Waals surface area contributed by atoms with Crippen molar-refractivity contribution in [1.82, 2.24) is 35.1 Å². The van der Waals surface area contributed by atoms with Crippen molar-refractivity contribution in [1.29, 1.82) is 0 Å². The van der Waals surface area contributed by atoms with E-state index in [4.69, 9.17) is 4.74 Å². The number of nitrogens with zero attached hydrogens (tertiary/aromatic N) is 6. The van der Waals surface area contributed by atoms with Crippen LogP contribution in [0.1, 0.15) is 75.1 Å². The van der Waals surface area contributed by atoms with Gasteiger partial charge in [0.2, 0.25) is 0 Å². The van der Waals surface area contributed by atoms with Crippen molar-refractivity contribution in [3.05, 3.63) is 34.6 Å². The summed E-state index contributed by atoms with van der Waals surface area (Å²) in [6.45, 7) is 7.17. The number of rotatable bonds is 4. The van der Waals surface area contributed by atoms with Crippen LogP contribution < -0.4 is 5.32 Å². The van der Waals surface area contributed by atoms with Gasteiger partial charge in [0.15, 0.2) is 5.65 Å². The Morgan fingerprint density at radius 3 is 2.58 bits per heavy atom. The lowest BCUT2D eigenvalue weighted by Crippen LogP contribution is -2.40. The number of fused-ring (bicyclic) bond motifs is 2. The van der Waals surface area contributed by atoms with Crippen molar-refractivity contribution in [2.45, 2.75) is 77.4 Å². The van der Waals surface area contributed by atoms with Crippen molar-refractivity contribution in [3.63, 3.8) is 0 Å². The number of amides is 1. The number of carbonyl (C=O) groups excluding carboxylic acids is 1. The van der Waals surface area contributed by atoms with E-state index in [1.54, 1.807) is 24.5 Å². The maximum Gasteiger partial charge on any atom is 0.407 e. The maximum absolute atomic E-state index is 13.7. The summed E-state index contributed by atoms with van der Waals surface area (Å²) in [6, 6.07) is 3.45. The molecule has 4 aromatic heterocycles. The highest BCUT2D eigenvalue weighted by Gasteiger charge is 2.27. The van der Waals surface area contributed by atoms with E-state index in [1.807, 2.05) is 26.8 Å². The zero-order valence-electron chi connectivity index (χ0n) is 20.5. The van der Waals surface area contributed by atoms with Gasteiger partial charge in [0, 0.05) is 10.9 Å². The molecule has 0 bridgehead atoms. The summed E-state index contributed by atoms with van der Waals surface area (Å²) in [5, 5.41) is 11.4. The first-order valence-electron chi connectivity index (χ1n) is 11.8. The zero-order valence-corrected chi connectivity index (χ0v) is 21.3. The third-order valence-corrected chi connectivity index (χ3v) is 7.24. The Kier molecular flexibility index (Phi) is 6.31. The number of halogens is 2. The van der Waals surface area contributed by atoms with Gasteiger partial charge < -0.3 is 10.1 Å². The van der Waals surface area contributed by atoms with Gasteiger partial charge in [-0.25, -0.2) is 23.5 Å². The molecule has 0 spiro atoms. The number of ether oxygens (including phenoxy) is 1. The molecule has 4 heterocycles. The molecule has 0 saturated heterocycles. The normalized spacial score (nSPS) is 18.8. The molecule has 9 nitrogen and oxygen atoms in total. The van der Waals surface area contributed by atoms with E-state index in [9.17, 15) is 13.6 Å². The highest BCUT2D eigenvalue weighted by Crippen LogP contribution is 2.38. The predicted molar refractivity (Wildman–Crippen MR) is 131 cm³/mol. The van der Waals surface area contributed by atoms with Crippen LogP contribution in [0.3, 0.4) is 0 Å². The number of nitrogens with one attached hydrogen (secondary N) is 1. The first-order chi connectivity index (χ1) is 17.1. The van der Waals surface area contributed by atoms with Gasteiger partial charge in [-0.1, -0.05) is 0 Å². The molecule has 36 heavy (non-hydrogen) atoms. The number of aryl methyl sites for hydroxylation is 1. The fourth-order valence-corrected chi connectivity index (χ4v) is 5.59. The Labute approximate surface area is 210 Å². The number of hydrogen-bond acceptors (Lipinski definition) is 8. The number of alkyl carbamates (subject to hydrolysis) is 1. The molecule has 0 radical (unpaired) electrons. The highest BCUT2D eigenvalue weighted by molar-refractivity contribution is 7.18. The van der Waals surface area contributed by atoms with Crippen LogP contribution >= 0.6 is 11.3 Å². The fraction of sp³-hybridized carbons (Fsp3) is 0.500. The van der Waals surface area contributed by atoms with Gasteiger partial charge in [-0.2, -0.15) is 0 Å². The Bertz CT molecular complexity index is 1420. The lowest BCUT2D eigenvalue weighted by atomic mass is 9.85. The van der Waals surface area contributed by atoms with Gasteiger partial charge in [-0.15, -0.1) is 26.2 Å². The summed E-state index contributed by atoms with van der Waals surface area (Å²) in [4.78, 5) is 27.2. The summed E-state index contributed by atoms with van der Waals surface area (Å²) < 4.78 is 33.8. The van der Waals surface area contributed by atoms with Gasteiger partial charge in [0.05, 0.1) is 11.8 Å². The highest BCUT2D eigenvalue weighted by atomic mass is 32.1. The summed E-state index contributed by atoms with van der Waals surface area (Å²) in [5.74, 6) is 0.714. The molecule has 1 fully saturated rings. The Morgan fingerprint density at radius 1 is 1.14 bits per heavy atom. The summed E-state index contributed by atoms with van der Waals surface area (Å²) in [7, 11) is 0.